The van der Waals surface area contributed by atoms with Gasteiger partial charge in [-0.25, -0.2) is 8.42 Å². The maximum absolute atomic E-state index is 13.4. The fourth-order valence-electron chi connectivity index (χ4n) is 3.57. The van der Waals surface area contributed by atoms with Crippen LogP contribution >= 0.6 is 0 Å². The van der Waals surface area contributed by atoms with E-state index in [0.717, 1.165) is 16.4 Å². The number of rotatable bonds is 12. The molecule has 194 valence electrons. The van der Waals surface area contributed by atoms with Crippen molar-refractivity contribution in [2.75, 3.05) is 42.6 Å². The first-order chi connectivity index (χ1) is 15.6. The lowest BCUT2D eigenvalue weighted by Gasteiger charge is -2.32. The Hall–Kier alpha value is -1.89. The number of benzene rings is 1. The fourth-order valence-corrected chi connectivity index (χ4v) is 6.26. The minimum Gasteiger partial charge on any atom is -0.370 e. The third kappa shape index (κ3) is 8.40. The molecule has 1 heterocycles. The maximum Gasteiger partial charge on any atom is 0.270 e. The minimum atomic E-state index is -4.31. The summed E-state index contributed by atoms with van der Waals surface area (Å²) >= 11 is 0. The van der Waals surface area contributed by atoms with Crippen molar-refractivity contribution in [2.45, 2.75) is 36.6 Å². The molecule has 0 amide bonds. The average molecular weight is 545 g/mol. The SMILES string of the molecule is NC1CCN(S(=O)(=O)c2cc([N+](=O)[O-])ccc2N(CCCS(=O)(=O)O)CCCS(=O)(=O)O)CC1. The molecule has 34 heavy (non-hydrogen) atoms. The molecule has 17 heteroatoms. The van der Waals surface area contributed by atoms with Gasteiger partial charge in [-0.05, 0) is 31.7 Å². The molecule has 1 aromatic carbocycles. The molecule has 2 rings (SSSR count). The van der Waals surface area contributed by atoms with Crippen LogP contribution in [-0.2, 0) is 30.3 Å². The van der Waals surface area contributed by atoms with Gasteiger partial charge >= 0.3 is 0 Å². The van der Waals surface area contributed by atoms with Crippen LogP contribution in [0.4, 0.5) is 11.4 Å². The van der Waals surface area contributed by atoms with E-state index in [1.807, 2.05) is 0 Å². The molecule has 0 spiro atoms. The van der Waals surface area contributed by atoms with Gasteiger partial charge in [-0.3, -0.25) is 19.2 Å². The van der Waals surface area contributed by atoms with Crippen molar-refractivity contribution in [1.82, 2.24) is 4.31 Å². The van der Waals surface area contributed by atoms with Gasteiger partial charge in [0, 0.05) is 44.4 Å². The predicted molar refractivity (Wildman–Crippen MR) is 123 cm³/mol. The lowest BCUT2D eigenvalue weighted by Crippen LogP contribution is -2.43. The normalized spacial score (nSPS) is 16.4. The van der Waals surface area contributed by atoms with E-state index < -0.39 is 57.3 Å². The van der Waals surface area contributed by atoms with Crippen LogP contribution in [0.3, 0.4) is 0 Å². The zero-order chi connectivity index (χ0) is 25.7. The van der Waals surface area contributed by atoms with Gasteiger partial charge < -0.3 is 10.6 Å². The van der Waals surface area contributed by atoms with Crippen LogP contribution in [0.25, 0.3) is 0 Å². The molecule has 4 N–H and O–H groups in total. The number of nitrogens with zero attached hydrogens (tertiary/aromatic N) is 3. The van der Waals surface area contributed by atoms with E-state index in [0.29, 0.717) is 12.8 Å². The Morgan fingerprint density at radius 2 is 1.50 bits per heavy atom. The molecule has 1 fully saturated rings. The lowest BCUT2D eigenvalue weighted by molar-refractivity contribution is -0.385. The Morgan fingerprint density at radius 3 is 1.94 bits per heavy atom. The standard InChI is InChI=1S/C17H28N4O10S3/c18-14-5-9-20(10-6-14)34(30,31)17-13-15(21(22)23)3-4-16(17)19(7-1-11-32(24,25)26)8-2-12-33(27,28)29/h3-4,13-14H,1-2,5-12,18H2,(H,24,25,26)(H,27,28,29). The van der Waals surface area contributed by atoms with Gasteiger partial charge in [0.25, 0.3) is 25.9 Å². The van der Waals surface area contributed by atoms with Crippen LogP contribution in [0.15, 0.2) is 23.1 Å². The number of nitro benzene ring substituents is 1. The molecule has 1 aliphatic rings. The van der Waals surface area contributed by atoms with Gasteiger partial charge in [-0.2, -0.15) is 21.1 Å². The summed E-state index contributed by atoms with van der Waals surface area (Å²) in [5.41, 5.74) is 5.37. The van der Waals surface area contributed by atoms with Gasteiger partial charge in [0.1, 0.15) is 4.90 Å². The summed E-state index contributed by atoms with van der Waals surface area (Å²) in [6, 6.07) is 3.01. The summed E-state index contributed by atoms with van der Waals surface area (Å²) in [6.45, 7) is -0.0127. The molecule has 0 atom stereocenters. The highest BCUT2D eigenvalue weighted by atomic mass is 32.2. The van der Waals surface area contributed by atoms with Crippen LogP contribution in [0, 0.1) is 10.1 Å². The lowest BCUT2D eigenvalue weighted by atomic mass is 10.1. The van der Waals surface area contributed by atoms with Crippen LogP contribution in [0.1, 0.15) is 25.7 Å². The zero-order valence-electron chi connectivity index (χ0n) is 18.2. The highest BCUT2D eigenvalue weighted by Crippen LogP contribution is 2.33. The van der Waals surface area contributed by atoms with E-state index in [-0.39, 0.29) is 50.7 Å². The molecule has 0 unspecified atom stereocenters. The second-order valence-electron chi connectivity index (χ2n) is 7.92. The van der Waals surface area contributed by atoms with E-state index in [2.05, 4.69) is 0 Å². The number of nitro groups is 1. The quantitative estimate of drug-likeness (QED) is 0.181. The number of piperidine rings is 1. The van der Waals surface area contributed by atoms with Gasteiger partial charge in [0.2, 0.25) is 10.0 Å². The smallest absolute Gasteiger partial charge is 0.270 e. The summed E-state index contributed by atoms with van der Waals surface area (Å²) in [5.74, 6) is -1.28. The van der Waals surface area contributed by atoms with E-state index in [4.69, 9.17) is 14.8 Å². The molecule has 1 saturated heterocycles. The molecular weight excluding hydrogens is 516 g/mol. The van der Waals surface area contributed by atoms with Gasteiger partial charge in [-0.15, -0.1) is 0 Å². The Labute approximate surface area is 198 Å². The summed E-state index contributed by atoms with van der Waals surface area (Å²) in [5, 5.41) is 11.3. The van der Waals surface area contributed by atoms with Crippen molar-refractivity contribution in [2.24, 2.45) is 5.73 Å². The monoisotopic (exact) mass is 544 g/mol. The molecule has 0 aromatic heterocycles. The Bertz CT molecular complexity index is 1160. The predicted octanol–water partition coefficient (Wildman–Crippen LogP) is 0.0688. The molecule has 0 aliphatic carbocycles. The minimum absolute atomic E-state index is 0.00569. The van der Waals surface area contributed by atoms with Crippen LogP contribution in [0.5, 0.6) is 0 Å². The third-order valence-electron chi connectivity index (χ3n) is 5.27. The van der Waals surface area contributed by atoms with Crippen molar-refractivity contribution < 1.29 is 39.3 Å². The highest BCUT2D eigenvalue weighted by Gasteiger charge is 2.33. The molecule has 1 aliphatic heterocycles. The summed E-state index contributed by atoms with van der Waals surface area (Å²) in [6.07, 6.45) is 0.519. The highest BCUT2D eigenvalue weighted by molar-refractivity contribution is 7.89. The van der Waals surface area contributed by atoms with Crippen LogP contribution in [-0.4, -0.2) is 87.3 Å². The second kappa shape index (κ2) is 11.2. The second-order valence-corrected chi connectivity index (χ2v) is 13.0. The molecule has 14 nitrogen and oxygen atoms in total. The zero-order valence-corrected chi connectivity index (χ0v) is 20.6. The number of anilines is 1. The first-order valence-electron chi connectivity index (χ1n) is 10.3. The number of nitrogens with two attached hydrogens (primary N) is 1. The van der Waals surface area contributed by atoms with E-state index in [9.17, 15) is 35.4 Å². The maximum atomic E-state index is 13.4. The molecule has 0 radical (unpaired) electrons. The topological polar surface area (TPSA) is 219 Å². The molecule has 0 bridgehead atoms. The largest absolute Gasteiger partial charge is 0.370 e. The molecular formula is C17H28N4O10S3. The van der Waals surface area contributed by atoms with Crippen molar-refractivity contribution in [3.63, 3.8) is 0 Å². The first kappa shape index (κ1) is 28.3. The number of sulfonamides is 1. The van der Waals surface area contributed by atoms with Crippen LogP contribution < -0.4 is 10.6 Å². The average Bonchev–Trinajstić information content (AvgIpc) is 2.71. The number of non-ortho nitro benzene ring substituents is 1. The van der Waals surface area contributed by atoms with E-state index in [1.54, 1.807) is 0 Å². The van der Waals surface area contributed by atoms with Gasteiger partial charge in [0.05, 0.1) is 22.1 Å². The molecule has 1 aromatic rings. The summed E-state index contributed by atoms with van der Waals surface area (Å²) in [7, 11) is -12.9. The summed E-state index contributed by atoms with van der Waals surface area (Å²) < 4.78 is 90.5. The molecule has 0 saturated carbocycles. The van der Waals surface area contributed by atoms with Gasteiger partial charge in [-0.1, -0.05) is 0 Å². The number of hydrogen-bond donors (Lipinski definition) is 3. The van der Waals surface area contributed by atoms with Crippen molar-refractivity contribution in [3.8, 4) is 0 Å². The van der Waals surface area contributed by atoms with Crippen molar-refractivity contribution >= 4 is 41.6 Å². The number of hydrogen-bond acceptors (Lipinski definition) is 10. The Balaban J connectivity index is 2.48. The van der Waals surface area contributed by atoms with E-state index in [1.165, 1.54) is 11.0 Å². The Morgan fingerprint density at radius 1 is 1.00 bits per heavy atom. The van der Waals surface area contributed by atoms with E-state index >= 15 is 0 Å². The third-order valence-corrected chi connectivity index (χ3v) is 8.81. The first-order valence-corrected chi connectivity index (χ1v) is 15.0. The Kier molecular flexibility index (Phi) is 9.37. The van der Waals surface area contributed by atoms with Crippen LogP contribution in [0.2, 0.25) is 0 Å². The van der Waals surface area contributed by atoms with Crippen molar-refractivity contribution in [3.05, 3.63) is 28.3 Å². The van der Waals surface area contributed by atoms with Crippen molar-refractivity contribution in [1.29, 1.82) is 0 Å². The van der Waals surface area contributed by atoms with Gasteiger partial charge in [0.15, 0.2) is 0 Å². The summed E-state index contributed by atoms with van der Waals surface area (Å²) in [4.78, 5) is 11.5. The fraction of sp³-hybridized carbons (Fsp3) is 0.647.